The van der Waals surface area contributed by atoms with Gasteiger partial charge in [0.15, 0.2) is 5.65 Å². The third-order valence-electron chi connectivity index (χ3n) is 6.28. The minimum atomic E-state index is -0.0546. The third-order valence-corrected chi connectivity index (χ3v) is 7.09. The van der Waals surface area contributed by atoms with E-state index in [0.29, 0.717) is 13.0 Å². The molecule has 6 nitrogen and oxygen atoms in total. The van der Waals surface area contributed by atoms with E-state index in [1.54, 1.807) is 11.3 Å². The van der Waals surface area contributed by atoms with E-state index in [9.17, 15) is 4.79 Å². The lowest BCUT2D eigenvalue weighted by Gasteiger charge is -2.22. The van der Waals surface area contributed by atoms with Gasteiger partial charge in [0.2, 0.25) is 0 Å². The molecule has 7 heteroatoms. The number of nitrogens with one attached hydrogen (secondary N) is 1. The molecule has 1 aliphatic rings. The summed E-state index contributed by atoms with van der Waals surface area (Å²) < 4.78 is 1.96. The molecule has 5 aromatic rings. The van der Waals surface area contributed by atoms with Crippen molar-refractivity contribution in [2.75, 3.05) is 6.54 Å². The molecular formula is C27H23N5OS. The molecule has 34 heavy (non-hydrogen) atoms. The summed E-state index contributed by atoms with van der Waals surface area (Å²) in [5, 5.41) is 14.6. The summed E-state index contributed by atoms with van der Waals surface area (Å²) in [6.45, 7) is 0.484. The zero-order valence-electron chi connectivity index (χ0n) is 18.6. The maximum absolute atomic E-state index is 13.5. The molecule has 0 saturated carbocycles. The number of amides is 1. The molecule has 0 spiro atoms. The lowest BCUT2D eigenvalue weighted by atomic mass is 9.86. The Labute approximate surface area is 201 Å². The number of rotatable bonds is 5. The summed E-state index contributed by atoms with van der Waals surface area (Å²) >= 11 is 1.72. The van der Waals surface area contributed by atoms with Crippen molar-refractivity contribution in [1.29, 1.82) is 0 Å². The van der Waals surface area contributed by atoms with Gasteiger partial charge >= 0.3 is 0 Å². The van der Waals surface area contributed by atoms with E-state index in [2.05, 4.69) is 39.1 Å². The lowest BCUT2D eigenvalue weighted by molar-refractivity contribution is 0.0954. The van der Waals surface area contributed by atoms with Crippen LogP contribution in [0.4, 0.5) is 0 Å². The van der Waals surface area contributed by atoms with Crippen LogP contribution in [0, 0.1) is 0 Å². The largest absolute Gasteiger partial charge is 0.352 e. The van der Waals surface area contributed by atoms with Crippen LogP contribution in [-0.4, -0.2) is 32.0 Å². The molecule has 0 bridgehead atoms. The number of nitrogens with zero attached hydrogens (tertiary/aromatic N) is 4. The molecule has 1 amide bonds. The van der Waals surface area contributed by atoms with Crippen molar-refractivity contribution in [3.05, 3.63) is 93.7 Å². The van der Waals surface area contributed by atoms with Crippen molar-refractivity contribution < 1.29 is 4.79 Å². The van der Waals surface area contributed by atoms with Crippen LogP contribution in [0.1, 0.15) is 45.2 Å². The Hall–Kier alpha value is -3.84. The average Bonchev–Trinajstić information content (AvgIpc) is 3.53. The Morgan fingerprint density at radius 2 is 1.97 bits per heavy atom. The third kappa shape index (κ3) is 3.78. The van der Waals surface area contributed by atoms with Crippen molar-refractivity contribution in [2.45, 2.75) is 25.7 Å². The first-order valence-electron chi connectivity index (χ1n) is 11.5. The number of allylic oxidation sites excluding steroid dienone is 1. The predicted molar refractivity (Wildman–Crippen MR) is 136 cm³/mol. The molecule has 0 unspecified atom stereocenters. The summed E-state index contributed by atoms with van der Waals surface area (Å²) in [5.41, 5.74) is 5.64. The van der Waals surface area contributed by atoms with Gasteiger partial charge in [-0.1, -0.05) is 30.3 Å². The zero-order valence-corrected chi connectivity index (χ0v) is 19.4. The molecule has 6 rings (SSSR count). The van der Waals surface area contributed by atoms with E-state index in [0.717, 1.165) is 58.5 Å². The van der Waals surface area contributed by atoms with Crippen LogP contribution in [0.15, 0.2) is 66.2 Å². The highest BCUT2D eigenvalue weighted by molar-refractivity contribution is 7.10. The van der Waals surface area contributed by atoms with Crippen molar-refractivity contribution in [2.24, 2.45) is 0 Å². The minimum Gasteiger partial charge on any atom is -0.352 e. The quantitative estimate of drug-likeness (QED) is 0.388. The van der Waals surface area contributed by atoms with E-state index < -0.39 is 0 Å². The summed E-state index contributed by atoms with van der Waals surface area (Å²) in [6.07, 6.45) is 7.61. The molecule has 4 aromatic heterocycles. The normalized spacial score (nSPS) is 14.5. The number of hydrogen-bond donors (Lipinski definition) is 1. The van der Waals surface area contributed by atoms with Gasteiger partial charge in [-0.05, 0) is 66.1 Å². The molecule has 0 aliphatic heterocycles. The molecule has 1 N–H and O–H groups in total. The lowest BCUT2D eigenvalue weighted by Crippen LogP contribution is -2.28. The van der Waals surface area contributed by atoms with Crippen LogP contribution < -0.4 is 5.32 Å². The van der Waals surface area contributed by atoms with Gasteiger partial charge in [0.25, 0.3) is 5.91 Å². The standard InChI is InChI=1S/C27H23N5OS/c33-27(28-14-13-24-31-30-23-12-3-4-15-32(23)24)25-20-9-1-2-11-22(20)29-26-18(7-5-10-21(25)26)17-19-8-6-16-34-19/h1-4,6,8-9,11-12,15-17H,5,7,10,13-14H2,(H,28,33)/b18-17+. The van der Waals surface area contributed by atoms with Crippen LogP contribution in [0.2, 0.25) is 0 Å². The average molecular weight is 466 g/mol. The Kier molecular flexibility index (Phi) is 5.39. The van der Waals surface area contributed by atoms with Gasteiger partial charge in [0.05, 0.1) is 16.8 Å². The zero-order chi connectivity index (χ0) is 22.9. The van der Waals surface area contributed by atoms with E-state index in [-0.39, 0.29) is 5.91 Å². The number of aromatic nitrogens is 4. The maximum atomic E-state index is 13.5. The van der Waals surface area contributed by atoms with Crippen LogP contribution >= 0.6 is 11.3 Å². The first kappa shape index (κ1) is 20.7. The number of fused-ring (bicyclic) bond motifs is 3. The van der Waals surface area contributed by atoms with Crippen molar-refractivity contribution in [1.82, 2.24) is 24.9 Å². The van der Waals surface area contributed by atoms with Gasteiger partial charge in [0.1, 0.15) is 5.82 Å². The van der Waals surface area contributed by atoms with Gasteiger partial charge in [-0.3, -0.25) is 9.20 Å². The Morgan fingerprint density at radius 1 is 1.06 bits per heavy atom. The van der Waals surface area contributed by atoms with Gasteiger partial charge in [-0.25, -0.2) is 4.98 Å². The molecule has 0 atom stereocenters. The Morgan fingerprint density at radius 3 is 2.88 bits per heavy atom. The minimum absolute atomic E-state index is 0.0546. The maximum Gasteiger partial charge on any atom is 0.252 e. The molecule has 0 radical (unpaired) electrons. The fraction of sp³-hybridized carbons (Fsp3) is 0.185. The van der Waals surface area contributed by atoms with Crippen LogP contribution in [0.3, 0.4) is 0 Å². The number of pyridine rings is 2. The fourth-order valence-electron chi connectivity index (χ4n) is 4.72. The number of carbonyl (C=O) groups excluding carboxylic acids is 1. The summed E-state index contributed by atoms with van der Waals surface area (Å²) in [4.78, 5) is 19.8. The Bertz CT molecular complexity index is 1530. The summed E-state index contributed by atoms with van der Waals surface area (Å²) in [7, 11) is 0. The second-order valence-corrected chi connectivity index (χ2v) is 9.40. The van der Waals surface area contributed by atoms with Crippen molar-refractivity contribution in [3.63, 3.8) is 0 Å². The van der Waals surface area contributed by atoms with E-state index in [4.69, 9.17) is 4.98 Å². The number of para-hydroxylation sites is 1. The number of thiophene rings is 1. The monoisotopic (exact) mass is 465 g/mol. The molecule has 1 aromatic carbocycles. The van der Waals surface area contributed by atoms with E-state index in [1.165, 1.54) is 10.5 Å². The molecular weight excluding hydrogens is 442 g/mol. The Balaban J connectivity index is 1.34. The highest BCUT2D eigenvalue weighted by atomic mass is 32.1. The smallest absolute Gasteiger partial charge is 0.252 e. The molecule has 1 aliphatic carbocycles. The highest BCUT2D eigenvalue weighted by Crippen LogP contribution is 2.36. The second-order valence-electron chi connectivity index (χ2n) is 8.42. The van der Waals surface area contributed by atoms with Crippen LogP contribution in [-0.2, 0) is 12.8 Å². The van der Waals surface area contributed by atoms with Gasteiger partial charge in [0, 0.05) is 29.4 Å². The molecule has 4 heterocycles. The highest BCUT2D eigenvalue weighted by Gasteiger charge is 2.25. The van der Waals surface area contributed by atoms with Gasteiger partial charge < -0.3 is 5.32 Å². The molecule has 0 saturated heterocycles. The number of benzene rings is 1. The van der Waals surface area contributed by atoms with Crippen LogP contribution in [0.5, 0.6) is 0 Å². The molecule has 168 valence electrons. The SMILES string of the molecule is O=C(NCCc1nnc2ccccn12)c1c2c(nc3ccccc13)/C(=C/c1cccs1)CCC2. The topological polar surface area (TPSA) is 72.2 Å². The first-order valence-corrected chi connectivity index (χ1v) is 12.4. The van der Waals surface area contributed by atoms with Gasteiger partial charge in [-0.2, -0.15) is 0 Å². The van der Waals surface area contributed by atoms with Crippen molar-refractivity contribution in [3.8, 4) is 0 Å². The van der Waals surface area contributed by atoms with E-state index >= 15 is 0 Å². The molecule has 0 fully saturated rings. The first-order chi connectivity index (χ1) is 16.8. The summed E-state index contributed by atoms with van der Waals surface area (Å²) in [6, 6.07) is 17.9. The van der Waals surface area contributed by atoms with E-state index in [1.807, 2.05) is 53.1 Å². The predicted octanol–water partition coefficient (Wildman–Crippen LogP) is 5.19. The van der Waals surface area contributed by atoms with Crippen LogP contribution in [0.25, 0.3) is 28.2 Å². The summed E-state index contributed by atoms with van der Waals surface area (Å²) in [5.74, 6) is 0.778. The van der Waals surface area contributed by atoms with Gasteiger partial charge in [-0.15, -0.1) is 21.5 Å². The number of carbonyl (C=O) groups is 1. The van der Waals surface area contributed by atoms with Crippen molar-refractivity contribution >= 4 is 45.4 Å². The fourth-order valence-corrected chi connectivity index (χ4v) is 5.40. The second kappa shape index (κ2) is 8.83. The number of hydrogen-bond acceptors (Lipinski definition) is 5.